The van der Waals surface area contributed by atoms with Gasteiger partial charge in [0.1, 0.15) is 0 Å². The highest BCUT2D eigenvalue weighted by molar-refractivity contribution is 4.82. The van der Waals surface area contributed by atoms with Crippen molar-refractivity contribution >= 4 is 0 Å². The summed E-state index contributed by atoms with van der Waals surface area (Å²) in [6.07, 6.45) is 1.91. The van der Waals surface area contributed by atoms with Crippen molar-refractivity contribution in [1.82, 2.24) is 10.2 Å². The molecule has 0 heterocycles. The van der Waals surface area contributed by atoms with Gasteiger partial charge in [0.05, 0.1) is 12.7 Å². The van der Waals surface area contributed by atoms with Crippen LogP contribution >= 0.6 is 0 Å². The smallest absolute Gasteiger partial charge is 0.0899 e. The second-order valence-corrected chi connectivity index (χ2v) is 5.29. The van der Waals surface area contributed by atoms with E-state index in [4.69, 9.17) is 4.74 Å². The van der Waals surface area contributed by atoms with Gasteiger partial charge in [0, 0.05) is 26.7 Å². The van der Waals surface area contributed by atoms with Gasteiger partial charge in [0.15, 0.2) is 0 Å². The van der Waals surface area contributed by atoms with E-state index < -0.39 is 6.10 Å². The molecule has 0 saturated carbocycles. The molecule has 4 heteroatoms. The van der Waals surface area contributed by atoms with Crippen LogP contribution in [0.1, 0.15) is 33.6 Å². The van der Waals surface area contributed by atoms with E-state index in [-0.39, 0.29) is 0 Å². The predicted octanol–water partition coefficient (Wildman–Crippen LogP) is 1.34. The first-order chi connectivity index (χ1) is 8.53. The maximum atomic E-state index is 9.76. The van der Waals surface area contributed by atoms with Gasteiger partial charge >= 0.3 is 0 Å². The lowest BCUT2D eigenvalue weighted by molar-refractivity contribution is 0.0320. The molecular formula is C14H32N2O2. The number of hydrogen-bond acceptors (Lipinski definition) is 4. The fourth-order valence-corrected chi connectivity index (χ4v) is 2.41. The van der Waals surface area contributed by atoms with Crippen LogP contribution in [0.4, 0.5) is 0 Å². The average Bonchev–Trinajstić information content (AvgIpc) is 2.34. The predicted molar refractivity (Wildman–Crippen MR) is 76.9 cm³/mol. The van der Waals surface area contributed by atoms with E-state index in [0.717, 1.165) is 32.5 Å². The van der Waals surface area contributed by atoms with Gasteiger partial charge in [-0.1, -0.05) is 20.8 Å². The Morgan fingerprint density at radius 2 is 1.89 bits per heavy atom. The first-order valence-electron chi connectivity index (χ1n) is 7.09. The Hall–Kier alpha value is -0.160. The van der Waals surface area contributed by atoms with Gasteiger partial charge in [-0.3, -0.25) is 0 Å². The van der Waals surface area contributed by atoms with Crippen LogP contribution in [-0.4, -0.2) is 63.1 Å². The third-order valence-electron chi connectivity index (χ3n) is 3.74. The molecule has 0 saturated heterocycles. The van der Waals surface area contributed by atoms with E-state index in [1.54, 1.807) is 7.11 Å². The van der Waals surface area contributed by atoms with E-state index in [1.807, 2.05) is 0 Å². The monoisotopic (exact) mass is 260 g/mol. The molecule has 4 nitrogen and oxygen atoms in total. The van der Waals surface area contributed by atoms with Crippen molar-refractivity contribution in [2.24, 2.45) is 5.41 Å². The van der Waals surface area contributed by atoms with Crippen molar-refractivity contribution in [1.29, 1.82) is 0 Å². The van der Waals surface area contributed by atoms with Crippen LogP contribution < -0.4 is 5.32 Å². The molecule has 18 heavy (non-hydrogen) atoms. The molecule has 0 aliphatic carbocycles. The zero-order valence-electron chi connectivity index (χ0n) is 12.8. The molecule has 0 aliphatic heterocycles. The van der Waals surface area contributed by atoms with Gasteiger partial charge in [-0.2, -0.15) is 0 Å². The third-order valence-corrected chi connectivity index (χ3v) is 3.74. The summed E-state index contributed by atoms with van der Waals surface area (Å²) in [4.78, 5) is 2.22. The molecule has 0 radical (unpaired) electrons. The van der Waals surface area contributed by atoms with Crippen LogP contribution in [0.15, 0.2) is 0 Å². The molecule has 0 aromatic heterocycles. The minimum atomic E-state index is -0.398. The standard InChI is InChI=1S/C14H32N2O2/c1-6-14(7-2,11-15-8-3)12-16(4)9-13(17)10-18-5/h13,15,17H,6-12H2,1-5H3. The molecule has 0 rings (SSSR count). The first-order valence-corrected chi connectivity index (χ1v) is 7.09. The quantitative estimate of drug-likeness (QED) is 0.588. The Bertz CT molecular complexity index is 196. The summed E-state index contributed by atoms with van der Waals surface area (Å²) in [5.74, 6) is 0. The Morgan fingerprint density at radius 1 is 1.28 bits per heavy atom. The van der Waals surface area contributed by atoms with Gasteiger partial charge in [-0.15, -0.1) is 0 Å². The maximum Gasteiger partial charge on any atom is 0.0899 e. The third kappa shape index (κ3) is 6.69. The Kier molecular flexibility index (Phi) is 9.64. The summed E-state index contributed by atoms with van der Waals surface area (Å²) >= 11 is 0. The van der Waals surface area contributed by atoms with Crippen LogP contribution in [-0.2, 0) is 4.74 Å². The molecule has 0 amide bonds. The summed E-state index contributed by atoms with van der Waals surface area (Å²) in [6, 6.07) is 0. The fraction of sp³-hybridized carbons (Fsp3) is 1.00. The second-order valence-electron chi connectivity index (χ2n) is 5.29. The van der Waals surface area contributed by atoms with Crippen molar-refractivity contribution in [2.45, 2.75) is 39.7 Å². The van der Waals surface area contributed by atoms with E-state index >= 15 is 0 Å². The minimum Gasteiger partial charge on any atom is -0.389 e. The SMILES string of the molecule is CCNCC(CC)(CC)CN(C)CC(O)COC. The molecular weight excluding hydrogens is 228 g/mol. The number of nitrogens with zero attached hydrogens (tertiary/aromatic N) is 1. The number of aliphatic hydroxyl groups is 1. The fourth-order valence-electron chi connectivity index (χ4n) is 2.41. The topological polar surface area (TPSA) is 44.7 Å². The van der Waals surface area contributed by atoms with Crippen molar-refractivity contribution in [3.63, 3.8) is 0 Å². The highest BCUT2D eigenvalue weighted by Crippen LogP contribution is 2.26. The first kappa shape index (κ1) is 17.8. The number of likely N-dealkylation sites (N-methyl/N-ethyl adjacent to an activating group) is 1. The van der Waals surface area contributed by atoms with Crippen molar-refractivity contribution in [2.75, 3.05) is 46.9 Å². The zero-order chi connectivity index (χ0) is 14.0. The highest BCUT2D eigenvalue weighted by Gasteiger charge is 2.27. The largest absolute Gasteiger partial charge is 0.389 e. The lowest BCUT2D eigenvalue weighted by Crippen LogP contribution is -2.44. The van der Waals surface area contributed by atoms with E-state index in [0.29, 0.717) is 18.6 Å². The molecule has 0 spiro atoms. The van der Waals surface area contributed by atoms with Crippen LogP contribution in [0, 0.1) is 5.41 Å². The van der Waals surface area contributed by atoms with Crippen LogP contribution in [0.5, 0.6) is 0 Å². The lowest BCUT2D eigenvalue weighted by Gasteiger charge is -2.36. The Labute approximate surface area is 113 Å². The van der Waals surface area contributed by atoms with E-state index in [1.165, 1.54) is 0 Å². The summed E-state index contributed by atoms with van der Waals surface area (Å²) in [6.45, 7) is 10.8. The molecule has 0 aromatic carbocycles. The number of methoxy groups -OCH3 is 1. The van der Waals surface area contributed by atoms with Crippen LogP contribution in [0.2, 0.25) is 0 Å². The second kappa shape index (κ2) is 9.73. The normalized spacial score (nSPS) is 14.2. The summed E-state index contributed by atoms with van der Waals surface area (Å²) in [7, 11) is 3.70. The number of nitrogens with one attached hydrogen (secondary N) is 1. The summed E-state index contributed by atoms with van der Waals surface area (Å²) in [5, 5.41) is 13.2. The molecule has 0 fully saturated rings. The van der Waals surface area contributed by atoms with Crippen molar-refractivity contribution < 1.29 is 9.84 Å². The van der Waals surface area contributed by atoms with Gasteiger partial charge < -0.3 is 20.1 Å². The summed E-state index contributed by atoms with van der Waals surface area (Å²) < 4.78 is 4.96. The van der Waals surface area contributed by atoms with Crippen LogP contribution in [0.25, 0.3) is 0 Å². The number of aliphatic hydroxyl groups excluding tert-OH is 1. The highest BCUT2D eigenvalue weighted by atomic mass is 16.5. The maximum absolute atomic E-state index is 9.76. The molecule has 1 unspecified atom stereocenters. The average molecular weight is 260 g/mol. The van der Waals surface area contributed by atoms with Crippen molar-refractivity contribution in [3.8, 4) is 0 Å². The molecule has 2 N–H and O–H groups in total. The zero-order valence-corrected chi connectivity index (χ0v) is 12.8. The molecule has 110 valence electrons. The van der Waals surface area contributed by atoms with Crippen molar-refractivity contribution in [3.05, 3.63) is 0 Å². The van der Waals surface area contributed by atoms with E-state index in [2.05, 4.69) is 38.0 Å². The number of rotatable bonds is 11. The van der Waals surface area contributed by atoms with Gasteiger partial charge in [-0.05, 0) is 31.8 Å². The van der Waals surface area contributed by atoms with Gasteiger partial charge in [0.2, 0.25) is 0 Å². The Balaban J connectivity index is 4.29. The molecule has 0 aromatic rings. The van der Waals surface area contributed by atoms with Crippen LogP contribution in [0.3, 0.4) is 0 Å². The number of ether oxygens (including phenoxy) is 1. The molecule has 0 bridgehead atoms. The number of hydrogen-bond donors (Lipinski definition) is 2. The van der Waals surface area contributed by atoms with Gasteiger partial charge in [-0.25, -0.2) is 0 Å². The minimum absolute atomic E-state index is 0.303. The van der Waals surface area contributed by atoms with E-state index in [9.17, 15) is 5.11 Å². The van der Waals surface area contributed by atoms with Gasteiger partial charge in [0.25, 0.3) is 0 Å². The molecule has 1 atom stereocenters. The Morgan fingerprint density at radius 3 is 2.33 bits per heavy atom. The summed E-state index contributed by atoms with van der Waals surface area (Å²) in [5.41, 5.74) is 0.303. The molecule has 0 aliphatic rings. The lowest BCUT2D eigenvalue weighted by atomic mass is 9.81.